The zero-order valence-corrected chi connectivity index (χ0v) is 8.20. The third-order valence-electron chi connectivity index (χ3n) is 1.99. The molecule has 0 bridgehead atoms. The smallest absolute Gasteiger partial charge is 0.260 e. The number of halogens is 1. The Bertz CT molecular complexity index is 510. The van der Waals surface area contributed by atoms with Gasteiger partial charge in [-0.1, -0.05) is 0 Å². The van der Waals surface area contributed by atoms with E-state index in [-0.39, 0.29) is 17.2 Å². The van der Waals surface area contributed by atoms with Gasteiger partial charge < -0.3 is 10.7 Å². The van der Waals surface area contributed by atoms with Crippen LogP contribution in [0.4, 0.5) is 16.0 Å². The second kappa shape index (κ2) is 4.01. The molecule has 16 heavy (non-hydrogen) atoms. The highest BCUT2D eigenvalue weighted by Gasteiger charge is 2.11. The second-order valence-electron chi connectivity index (χ2n) is 3.12. The maximum atomic E-state index is 12.9. The zero-order valence-electron chi connectivity index (χ0n) is 8.20. The van der Waals surface area contributed by atoms with E-state index in [4.69, 9.17) is 5.73 Å². The van der Waals surface area contributed by atoms with Gasteiger partial charge in [0, 0.05) is 18.1 Å². The first-order chi connectivity index (χ1) is 7.66. The summed E-state index contributed by atoms with van der Waals surface area (Å²) in [4.78, 5) is 18.2. The molecular formula is C10H9FN4O. The van der Waals surface area contributed by atoms with Crippen LogP contribution >= 0.6 is 0 Å². The van der Waals surface area contributed by atoms with E-state index >= 15 is 0 Å². The molecule has 0 radical (unpaired) electrons. The lowest BCUT2D eigenvalue weighted by atomic mass is 10.1. The fourth-order valence-corrected chi connectivity index (χ4v) is 1.23. The molecule has 0 spiro atoms. The molecule has 0 aliphatic heterocycles. The Morgan fingerprint density at radius 3 is 3.00 bits per heavy atom. The molecule has 1 aromatic heterocycles. The number of benzene rings is 1. The summed E-state index contributed by atoms with van der Waals surface area (Å²) < 4.78 is 12.9. The van der Waals surface area contributed by atoms with Gasteiger partial charge in [-0.2, -0.15) is 0 Å². The number of nitrogen functional groups attached to an aromatic ring is 1. The Balaban J connectivity index is 2.24. The number of nitrogens with zero attached hydrogens (tertiary/aromatic N) is 1. The van der Waals surface area contributed by atoms with Crippen LogP contribution in [0.15, 0.2) is 30.6 Å². The summed E-state index contributed by atoms with van der Waals surface area (Å²) in [6, 6.07) is 3.61. The van der Waals surface area contributed by atoms with Crippen LogP contribution in [0.25, 0.3) is 0 Å². The third kappa shape index (κ3) is 2.00. The van der Waals surface area contributed by atoms with Gasteiger partial charge in [0.1, 0.15) is 5.82 Å². The van der Waals surface area contributed by atoms with E-state index in [2.05, 4.69) is 15.3 Å². The predicted octanol–water partition coefficient (Wildman–Crippen LogP) is 1.38. The summed E-state index contributed by atoms with van der Waals surface area (Å²) >= 11 is 0. The largest absolute Gasteiger partial charge is 0.398 e. The first-order valence-corrected chi connectivity index (χ1v) is 4.52. The van der Waals surface area contributed by atoms with Crippen LogP contribution < -0.4 is 11.1 Å². The number of imidazole rings is 1. The fourth-order valence-electron chi connectivity index (χ4n) is 1.23. The fraction of sp³-hybridized carbons (Fsp3) is 0. The lowest BCUT2D eigenvalue weighted by Crippen LogP contribution is -2.15. The van der Waals surface area contributed by atoms with Crippen LogP contribution in [-0.2, 0) is 0 Å². The zero-order chi connectivity index (χ0) is 11.5. The molecule has 0 saturated heterocycles. The highest BCUT2D eigenvalue weighted by molar-refractivity contribution is 6.06. The Hall–Kier alpha value is -2.37. The number of nitrogens with one attached hydrogen (secondary N) is 2. The first-order valence-electron chi connectivity index (χ1n) is 4.52. The molecule has 1 amide bonds. The molecule has 1 aromatic carbocycles. The predicted molar refractivity (Wildman–Crippen MR) is 57.4 cm³/mol. The molecular weight excluding hydrogens is 211 g/mol. The normalized spacial score (nSPS) is 10.1. The van der Waals surface area contributed by atoms with Gasteiger partial charge in [0.05, 0.1) is 5.56 Å². The molecule has 82 valence electrons. The second-order valence-corrected chi connectivity index (χ2v) is 3.12. The number of hydrogen-bond acceptors (Lipinski definition) is 3. The van der Waals surface area contributed by atoms with Crippen molar-refractivity contribution in [1.82, 2.24) is 9.97 Å². The van der Waals surface area contributed by atoms with E-state index in [9.17, 15) is 9.18 Å². The number of rotatable bonds is 2. The number of carbonyl (C=O) groups excluding carboxylic acids is 1. The molecule has 0 aliphatic rings. The molecule has 2 aromatic rings. The van der Waals surface area contributed by atoms with Crippen molar-refractivity contribution in [2.45, 2.75) is 0 Å². The summed E-state index contributed by atoms with van der Waals surface area (Å²) in [6.45, 7) is 0. The SMILES string of the molecule is Nc1ccc(F)cc1C(=O)Nc1ncc[nH]1. The Labute approximate surface area is 90.5 Å². The topological polar surface area (TPSA) is 83.8 Å². The third-order valence-corrected chi connectivity index (χ3v) is 1.99. The number of nitrogens with two attached hydrogens (primary N) is 1. The molecule has 1 heterocycles. The molecule has 2 rings (SSSR count). The van der Waals surface area contributed by atoms with E-state index in [1.807, 2.05) is 0 Å². The van der Waals surface area contributed by atoms with E-state index in [1.165, 1.54) is 18.3 Å². The van der Waals surface area contributed by atoms with Crippen molar-refractivity contribution in [2.24, 2.45) is 0 Å². The van der Waals surface area contributed by atoms with Gasteiger partial charge in [-0.05, 0) is 18.2 Å². The van der Waals surface area contributed by atoms with Crippen molar-refractivity contribution < 1.29 is 9.18 Å². The minimum atomic E-state index is -0.515. The summed E-state index contributed by atoms with van der Waals surface area (Å²) in [5.74, 6) is -0.737. The Morgan fingerprint density at radius 1 is 1.50 bits per heavy atom. The lowest BCUT2D eigenvalue weighted by Gasteiger charge is -2.05. The monoisotopic (exact) mass is 220 g/mol. The van der Waals surface area contributed by atoms with Gasteiger partial charge >= 0.3 is 0 Å². The maximum Gasteiger partial charge on any atom is 0.260 e. The molecule has 0 saturated carbocycles. The van der Waals surface area contributed by atoms with Gasteiger partial charge in [0.2, 0.25) is 5.95 Å². The number of amides is 1. The summed E-state index contributed by atoms with van der Waals surface area (Å²) in [6.07, 6.45) is 3.05. The first kappa shape index (κ1) is 10.2. The van der Waals surface area contributed by atoms with Crippen LogP contribution in [0.5, 0.6) is 0 Å². The summed E-state index contributed by atoms with van der Waals surface area (Å²) in [5, 5.41) is 2.45. The van der Waals surface area contributed by atoms with E-state index in [1.54, 1.807) is 6.20 Å². The van der Waals surface area contributed by atoms with Crippen molar-refractivity contribution in [1.29, 1.82) is 0 Å². The molecule has 0 atom stereocenters. The summed E-state index contributed by atoms with van der Waals surface area (Å²) in [5.41, 5.74) is 5.85. The highest BCUT2D eigenvalue weighted by Crippen LogP contribution is 2.14. The average Bonchev–Trinajstić information content (AvgIpc) is 2.74. The number of aromatic amines is 1. The number of carbonyl (C=O) groups is 1. The van der Waals surface area contributed by atoms with E-state index in [0.29, 0.717) is 0 Å². The molecule has 6 heteroatoms. The number of aromatic nitrogens is 2. The van der Waals surface area contributed by atoms with Crippen LogP contribution in [-0.4, -0.2) is 15.9 Å². The van der Waals surface area contributed by atoms with Crippen molar-refractivity contribution in [3.63, 3.8) is 0 Å². The van der Waals surface area contributed by atoms with Gasteiger partial charge in [-0.15, -0.1) is 0 Å². The average molecular weight is 220 g/mol. The molecule has 0 unspecified atom stereocenters. The summed E-state index contributed by atoms with van der Waals surface area (Å²) in [7, 11) is 0. The number of H-pyrrole nitrogens is 1. The maximum absolute atomic E-state index is 12.9. The highest BCUT2D eigenvalue weighted by atomic mass is 19.1. The van der Waals surface area contributed by atoms with E-state index in [0.717, 1.165) is 6.07 Å². The van der Waals surface area contributed by atoms with Gasteiger partial charge in [-0.3, -0.25) is 10.1 Å². The minimum Gasteiger partial charge on any atom is -0.398 e. The lowest BCUT2D eigenvalue weighted by molar-refractivity contribution is 0.102. The van der Waals surface area contributed by atoms with Crippen LogP contribution in [0.1, 0.15) is 10.4 Å². The van der Waals surface area contributed by atoms with Crippen LogP contribution in [0.2, 0.25) is 0 Å². The Kier molecular flexibility index (Phi) is 2.55. The van der Waals surface area contributed by atoms with Crippen molar-refractivity contribution in [2.75, 3.05) is 11.1 Å². The molecule has 0 fully saturated rings. The van der Waals surface area contributed by atoms with E-state index < -0.39 is 11.7 Å². The van der Waals surface area contributed by atoms with Gasteiger partial charge in [0.15, 0.2) is 0 Å². The van der Waals surface area contributed by atoms with Crippen LogP contribution in [0, 0.1) is 5.82 Å². The van der Waals surface area contributed by atoms with Gasteiger partial charge in [-0.25, -0.2) is 9.37 Å². The van der Waals surface area contributed by atoms with Crippen molar-refractivity contribution in [3.05, 3.63) is 42.0 Å². The molecule has 5 nitrogen and oxygen atoms in total. The van der Waals surface area contributed by atoms with Crippen molar-refractivity contribution in [3.8, 4) is 0 Å². The van der Waals surface area contributed by atoms with Crippen molar-refractivity contribution >= 4 is 17.5 Å². The quantitative estimate of drug-likeness (QED) is 0.668. The minimum absolute atomic E-state index is 0.0800. The Morgan fingerprint density at radius 2 is 2.31 bits per heavy atom. The molecule has 0 aliphatic carbocycles. The van der Waals surface area contributed by atoms with Crippen LogP contribution in [0.3, 0.4) is 0 Å². The standard InChI is InChI=1S/C10H9FN4O/c11-6-1-2-8(12)7(5-6)9(16)15-10-13-3-4-14-10/h1-5H,12H2,(H2,13,14,15,16). The van der Waals surface area contributed by atoms with Gasteiger partial charge in [0.25, 0.3) is 5.91 Å². The molecule has 4 N–H and O–H groups in total. The number of anilines is 2. The number of hydrogen-bond donors (Lipinski definition) is 3.